The van der Waals surface area contributed by atoms with Gasteiger partial charge in [0.05, 0.1) is 25.2 Å². The summed E-state index contributed by atoms with van der Waals surface area (Å²) in [4.78, 5) is 0. The van der Waals surface area contributed by atoms with E-state index in [0.29, 0.717) is 5.54 Å². The molecule has 1 fully saturated rings. The lowest BCUT2D eigenvalue weighted by atomic mass is 9.80. The van der Waals surface area contributed by atoms with Gasteiger partial charge < -0.3 is 4.48 Å². The summed E-state index contributed by atoms with van der Waals surface area (Å²) in [6.45, 7) is 14.0. The molecule has 0 radical (unpaired) electrons. The third-order valence-corrected chi connectivity index (χ3v) is 6.68. The Balaban J connectivity index is 2.76. The molecule has 1 aliphatic heterocycles. The van der Waals surface area contributed by atoms with E-state index < -0.39 is 0 Å². The van der Waals surface area contributed by atoms with Crippen LogP contribution in [-0.4, -0.2) is 29.7 Å². The first kappa shape index (κ1) is 20.0. The number of nitrogens with zero attached hydrogens (tertiary/aromatic N) is 1. The van der Waals surface area contributed by atoms with Crippen molar-refractivity contribution in [2.45, 2.75) is 117 Å². The lowest BCUT2D eigenvalue weighted by molar-refractivity contribution is -0.981. The van der Waals surface area contributed by atoms with E-state index in [0.717, 1.165) is 0 Å². The molecule has 1 aliphatic rings. The van der Waals surface area contributed by atoms with Crippen molar-refractivity contribution in [3.05, 3.63) is 0 Å². The molecule has 0 N–H and O–H groups in total. The van der Waals surface area contributed by atoms with E-state index >= 15 is 0 Å². The zero-order chi connectivity index (χ0) is 16.3. The Hall–Kier alpha value is -0.0400. The topological polar surface area (TPSA) is 0 Å². The standard InChI is InChI=1S/C21H44N/c1-5-9-11-12-14-17-21(7-3,8-4)22(18-10-6-2)19-15-13-16-20-22/h5-20H2,1-4H3/q+1. The summed E-state index contributed by atoms with van der Waals surface area (Å²) in [7, 11) is 0. The number of unbranched alkanes of at least 4 members (excludes halogenated alkanes) is 5. The summed E-state index contributed by atoms with van der Waals surface area (Å²) in [5.41, 5.74) is 0.585. The van der Waals surface area contributed by atoms with E-state index in [2.05, 4.69) is 27.7 Å². The third-order valence-electron chi connectivity index (χ3n) is 6.68. The summed E-state index contributed by atoms with van der Waals surface area (Å²) in [5.74, 6) is 0. The Morgan fingerprint density at radius 1 is 0.682 bits per heavy atom. The third kappa shape index (κ3) is 4.98. The lowest BCUT2D eigenvalue weighted by Crippen LogP contribution is -2.66. The van der Waals surface area contributed by atoms with Gasteiger partial charge >= 0.3 is 0 Å². The van der Waals surface area contributed by atoms with Gasteiger partial charge in [0.1, 0.15) is 0 Å². The van der Waals surface area contributed by atoms with Crippen LogP contribution in [0, 0.1) is 0 Å². The summed E-state index contributed by atoms with van der Waals surface area (Å²) in [6, 6.07) is 0. The Morgan fingerprint density at radius 3 is 1.82 bits per heavy atom. The average molecular weight is 311 g/mol. The fourth-order valence-electron chi connectivity index (χ4n) is 5.08. The van der Waals surface area contributed by atoms with Gasteiger partial charge in [-0.3, -0.25) is 0 Å². The summed E-state index contributed by atoms with van der Waals surface area (Å²) >= 11 is 0. The molecule has 0 amide bonds. The van der Waals surface area contributed by atoms with Gasteiger partial charge in [-0.25, -0.2) is 0 Å². The van der Waals surface area contributed by atoms with Crippen molar-refractivity contribution in [2.75, 3.05) is 19.6 Å². The zero-order valence-corrected chi connectivity index (χ0v) is 16.3. The minimum Gasteiger partial charge on any atom is -0.319 e. The van der Waals surface area contributed by atoms with E-state index in [9.17, 15) is 0 Å². The molecule has 22 heavy (non-hydrogen) atoms. The van der Waals surface area contributed by atoms with Crippen LogP contribution >= 0.6 is 0 Å². The molecule has 0 saturated carbocycles. The molecule has 0 aromatic carbocycles. The summed E-state index contributed by atoms with van der Waals surface area (Å²) < 4.78 is 1.47. The van der Waals surface area contributed by atoms with Crippen LogP contribution in [0.3, 0.4) is 0 Å². The smallest absolute Gasteiger partial charge is 0.0987 e. The molecule has 1 rings (SSSR count). The average Bonchev–Trinajstić information content (AvgIpc) is 2.57. The van der Waals surface area contributed by atoms with Gasteiger partial charge in [-0.15, -0.1) is 0 Å². The number of quaternary nitrogens is 1. The van der Waals surface area contributed by atoms with Crippen molar-refractivity contribution in [3.8, 4) is 0 Å². The van der Waals surface area contributed by atoms with Crippen LogP contribution in [0.25, 0.3) is 0 Å². The van der Waals surface area contributed by atoms with Crippen LogP contribution in [0.4, 0.5) is 0 Å². The van der Waals surface area contributed by atoms with Gasteiger partial charge in [0.2, 0.25) is 0 Å². The van der Waals surface area contributed by atoms with E-state index in [1.54, 1.807) is 0 Å². The quantitative estimate of drug-likeness (QED) is 0.278. The van der Waals surface area contributed by atoms with E-state index in [-0.39, 0.29) is 0 Å². The van der Waals surface area contributed by atoms with Crippen LogP contribution in [0.15, 0.2) is 0 Å². The minimum atomic E-state index is 0.585. The number of rotatable bonds is 12. The van der Waals surface area contributed by atoms with Crippen molar-refractivity contribution in [2.24, 2.45) is 0 Å². The molecule has 0 aromatic heterocycles. The van der Waals surface area contributed by atoms with Crippen LogP contribution in [0.5, 0.6) is 0 Å². The highest BCUT2D eigenvalue weighted by atomic mass is 15.4. The molecule has 1 saturated heterocycles. The molecule has 0 aliphatic carbocycles. The van der Waals surface area contributed by atoms with Gasteiger partial charge in [-0.05, 0) is 44.9 Å². The van der Waals surface area contributed by atoms with Crippen LogP contribution in [0.2, 0.25) is 0 Å². The van der Waals surface area contributed by atoms with Crippen LogP contribution < -0.4 is 0 Å². The zero-order valence-electron chi connectivity index (χ0n) is 16.3. The minimum absolute atomic E-state index is 0.585. The fraction of sp³-hybridized carbons (Fsp3) is 1.00. The first-order chi connectivity index (χ1) is 10.7. The molecule has 0 spiro atoms. The number of hydrogen-bond donors (Lipinski definition) is 0. The SMILES string of the molecule is CCCCCCCC(CC)(CC)[N+]1(CCCC)CCCCC1. The van der Waals surface area contributed by atoms with Crippen molar-refractivity contribution < 1.29 is 4.48 Å². The molecule has 1 heterocycles. The lowest BCUT2D eigenvalue weighted by Gasteiger charge is -2.55. The van der Waals surface area contributed by atoms with E-state index in [4.69, 9.17) is 0 Å². The molecular formula is C21H44N+. The van der Waals surface area contributed by atoms with Crippen LogP contribution in [0.1, 0.15) is 111 Å². The highest BCUT2D eigenvalue weighted by molar-refractivity contribution is 4.81. The molecule has 0 bridgehead atoms. The normalized spacial score (nSPS) is 18.5. The highest BCUT2D eigenvalue weighted by Gasteiger charge is 2.47. The van der Waals surface area contributed by atoms with Gasteiger partial charge in [-0.2, -0.15) is 0 Å². The Labute approximate surface area is 141 Å². The maximum absolute atomic E-state index is 2.48. The molecule has 1 nitrogen and oxygen atoms in total. The monoisotopic (exact) mass is 310 g/mol. The largest absolute Gasteiger partial charge is 0.319 e. The fourth-order valence-corrected chi connectivity index (χ4v) is 5.08. The second-order valence-corrected chi connectivity index (χ2v) is 7.83. The molecular weight excluding hydrogens is 266 g/mol. The number of hydrogen-bond acceptors (Lipinski definition) is 0. The molecule has 132 valence electrons. The van der Waals surface area contributed by atoms with Crippen LogP contribution in [-0.2, 0) is 0 Å². The number of piperidine rings is 1. The second kappa shape index (κ2) is 10.7. The molecule has 0 atom stereocenters. The second-order valence-electron chi connectivity index (χ2n) is 7.83. The maximum atomic E-state index is 2.48. The van der Waals surface area contributed by atoms with Gasteiger partial charge in [0.15, 0.2) is 0 Å². The molecule has 0 aromatic rings. The van der Waals surface area contributed by atoms with Gasteiger partial charge in [-0.1, -0.05) is 59.8 Å². The van der Waals surface area contributed by atoms with Gasteiger partial charge in [0, 0.05) is 6.42 Å². The van der Waals surface area contributed by atoms with Crippen molar-refractivity contribution in [1.82, 2.24) is 0 Å². The maximum Gasteiger partial charge on any atom is 0.0987 e. The van der Waals surface area contributed by atoms with Crippen molar-refractivity contribution >= 4 is 0 Å². The molecule has 1 heteroatoms. The Kier molecular flexibility index (Phi) is 9.71. The predicted molar refractivity (Wildman–Crippen MR) is 100 cm³/mol. The first-order valence-corrected chi connectivity index (χ1v) is 10.6. The first-order valence-electron chi connectivity index (χ1n) is 10.6. The summed E-state index contributed by atoms with van der Waals surface area (Å²) in [5, 5.41) is 0. The Bertz CT molecular complexity index is 261. The summed E-state index contributed by atoms with van der Waals surface area (Å²) in [6.07, 6.45) is 18.7. The molecule has 0 unspecified atom stereocenters. The van der Waals surface area contributed by atoms with E-state index in [1.807, 2.05) is 0 Å². The van der Waals surface area contributed by atoms with Gasteiger partial charge in [0.25, 0.3) is 0 Å². The van der Waals surface area contributed by atoms with Crippen molar-refractivity contribution in [1.29, 1.82) is 0 Å². The number of likely N-dealkylation sites (tertiary alicyclic amines) is 1. The predicted octanol–water partition coefficient (Wildman–Crippen LogP) is 6.71. The van der Waals surface area contributed by atoms with E-state index in [1.165, 1.54) is 108 Å². The highest BCUT2D eigenvalue weighted by Crippen LogP contribution is 2.40. The van der Waals surface area contributed by atoms with Crippen molar-refractivity contribution in [3.63, 3.8) is 0 Å². The Morgan fingerprint density at radius 2 is 1.27 bits per heavy atom.